The fourth-order valence-electron chi connectivity index (χ4n) is 5.26. The number of halogens is 3. The average Bonchev–Trinajstić information content (AvgIpc) is 3.01. The van der Waals surface area contributed by atoms with Gasteiger partial charge in [0.1, 0.15) is 12.4 Å². The van der Waals surface area contributed by atoms with Crippen molar-refractivity contribution in [3.63, 3.8) is 0 Å². The molecule has 1 aliphatic rings. The van der Waals surface area contributed by atoms with Gasteiger partial charge in [0, 0.05) is 17.0 Å². The summed E-state index contributed by atoms with van der Waals surface area (Å²) < 4.78 is 61.9. The zero-order chi connectivity index (χ0) is 29.7. The van der Waals surface area contributed by atoms with Crippen molar-refractivity contribution in [3.8, 4) is 28.0 Å². The van der Waals surface area contributed by atoms with Crippen molar-refractivity contribution < 1.29 is 27.4 Å². The van der Waals surface area contributed by atoms with Crippen LogP contribution in [0.3, 0.4) is 0 Å². The van der Waals surface area contributed by atoms with E-state index in [1.807, 2.05) is 19.1 Å². The highest BCUT2D eigenvalue weighted by atomic mass is 19.2. The van der Waals surface area contributed by atoms with Crippen LogP contribution in [0.15, 0.2) is 66.7 Å². The third-order valence-electron chi connectivity index (χ3n) is 7.77. The van der Waals surface area contributed by atoms with Crippen LogP contribution in [0.25, 0.3) is 22.3 Å². The fraction of sp³-hybridized carbons (Fsp3) is 0.444. The topological polar surface area (TPSA) is 27.7 Å². The van der Waals surface area contributed by atoms with Crippen LogP contribution in [0.5, 0.6) is 5.75 Å². The highest BCUT2D eigenvalue weighted by Crippen LogP contribution is 2.33. The number of hydrogen-bond donors (Lipinski definition) is 0. The molecule has 0 atom stereocenters. The minimum absolute atomic E-state index is 0.0197. The van der Waals surface area contributed by atoms with E-state index in [2.05, 4.69) is 6.92 Å². The third-order valence-corrected chi connectivity index (χ3v) is 7.77. The molecule has 3 nitrogen and oxygen atoms in total. The van der Waals surface area contributed by atoms with Gasteiger partial charge in [0.15, 0.2) is 17.9 Å². The Morgan fingerprint density at radius 1 is 0.738 bits per heavy atom. The molecule has 1 aliphatic heterocycles. The molecule has 3 aromatic rings. The van der Waals surface area contributed by atoms with Crippen LogP contribution < -0.4 is 4.74 Å². The standard InChI is InChI=1S/C36H43F3O3/c1-3-5-7-8-9-10-11-13-34-41-24-29(25-42-34)28-18-19-30(32(37)23-28)26-14-16-27(17-15-26)31-20-21-33(36(39)35(31)38)40-22-12-6-4-2/h6,12,14-21,23,29,34H,3-5,7-11,13,22,24-25H2,1-2H3. The minimum atomic E-state index is -1.03. The molecule has 1 fully saturated rings. The summed E-state index contributed by atoms with van der Waals surface area (Å²) in [5, 5.41) is 0. The van der Waals surface area contributed by atoms with Gasteiger partial charge in [-0.25, -0.2) is 8.78 Å². The maximum absolute atomic E-state index is 15.2. The van der Waals surface area contributed by atoms with E-state index in [9.17, 15) is 8.78 Å². The van der Waals surface area contributed by atoms with Crippen LogP contribution in [0.4, 0.5) is 13.2 Å². The summed E-state index contributed by atoms with van der Waals surface area (Å²) in [4.78, 5) is 0. The Labute approximate surface area is 248 Å². The second-order valence-corrected chi connectivity index (χ2v) is 10.9. The van der Waals surface area contributed by atoms with E-state index >= 15 is 4.39 Å². The predicted octanol–water partition coefficient (Wildman–Crippen LogP) is 10.4. The van der Waals surface area contributed by atoms with Crippen LogP contribution in [-0.4, -0.2) is 26.1 Å². The Hall–Kier alpha value is -3.09. The lowest BCUT2D eigenvalue weighted by molar-refractivity contribution is -0.190. The van der Waals surface area contributed by atoms with Crippen LogP contribution in [0.2, 0.25) is 0 Å². The summed E-state index contributed by atoms with van der Waals surface area (Å²) in [6.45, 7) is 5.40. The molecule has 3 aromatic carbocycles. The van der Waals surface area contributed by atoms with Crippen LogP contribution in [0, 0.1) is 17.5 Å². The summed E-state index contributed by atoms with van der Waals surface area (Å²) in [6, 6.07) is 14.9. The SMILES string of the molecule is CCC=CCOc1ccc(-c2ccc(-c3ccc(C4COC(CCCCCCCCC)OC4)cc3F)cc2)c(F)c1F. The van der Waals surface area contributed by atoms with Gasteiger partial charge in [-0.15, -0.1) is 0 Å². The quantitative estimate of drug-likeness (QED) is 0.132. The molecule has 0 spiro atoms. The molecule has 1 saturated heterocycles. The number of ether oxygens (including phenoxy) is 3. The van der Waals surface area contributed by atoms with Crippen molar-refractivity contribution in [1.29, 1.82) is 0 Å². The third kappa shape index (κ3) is 8.71. The van der Waals surface area contributed by atoms with Gasteiger partial charge in [-0.2, -0.15) is 4.39 Å². The van der Waals surface area contributed by atoms with Crippen molar-refractivity contribution in [2.75, 3.05) is 19.8 Å². The molecule has 0 aromatic heterocycles. The molecule has 0 aliphatic carbocycles. The molecular formula is C36H43F3O3. The number of hydrogen-bond acceptors (Lipinski definition) is 3. The lowest BCUT2D eigenvalue weighted by Gasteiger charge is -2.30. The van der Waals surface area contributed by atoms with Crippen LogP contribution >= 0.6 is 0 Å². The first kappa shape index (κ1) is 31.8. The number of unbranched alkanes of at least 4 members (excludes halogenated alkanes) is 6. The molecule has 4 rings (SSSR count). The highest BCUT2D eigenvalue weighted by molar-refractivity contribution is 5.71. The molecule has 0 amide bonds. The van der Waals surface area contributed by atoms with Crippen molar-refractivity contribution >= 4 is 0 Å². The Kier molecular flexibility index (Phi) is 12.5. The molecule has 6 heteroatoms. The predicted molar refractivity (Wildman–Crippen MR) is 163 cm³/mol. The largest absolute Gasteiger partial charge is 0.486 e. The maximum Gasteiger partial charge on any atom is 0.201 e. The lowest BCUT2D eigenvalue weighted by atomic mass is 9.95. The van der Waals surface area contributed by atoms with E-state index in [1.54, 1.807) is 42.5 Å². The lowest BCUT2D eigenvalue weighted by Crippen LogP contribution is -2.30. The summed E-state index contributed by atoms with van der Waals surface area (Å²) in [7, 11) is 0. The molecule has 226 valence electrons. The molecule has 42 heavy (non-hydrogen) atoms. The first-order valence-corrected chi connectivity index (χ1v) is 15.4. The van der Waals surface area contributed by atoms with Crippen molar-refractivity contribution in [3.05, 3.63) is 89.8 Å². The van der Waals surface area contributed by atoms with Crippen molar-refractivity contribution in [1.82, 2.24) is 0 Å². The van der Waals surface area contributed by atoms with Crippen LogP contribution in [0.1, 0.15) is 83.1 Å². The maximum atomic E-state index is 15.2. The van der Waals surface area contributed by atoms with Gasteiger partial charge in [-0.1, -0.05) is 101 Å². The van der Waals surface area contributed by atoms with E-state index in [1.165, 1.54) is 50.7 Å². The second kappa shape index (κ2) is 16.5. The monoisotopic (exact) mass is 580 g/mol. The summed E-state index contributed by atoms with van der Waals surface area (Å²) in [5.41, 5.74) is 2.54. The molecule has 1 heterocycles. The van der Waals surface area contributed by atoms with Crippen LogP contribution in [-0.2, 0) is 9.47 Å². The van der Waals surface area contributed by atoms with Gasteiger partial charge in [0.05, 0.1) is 13.2 Å². The molecule has 0 N–H and O–H groups in total. The zero-order valence-corrected chi connectivity index (χ0v) is 24.8. The van der Waals surface area contributed by atoms with Gasteiger partial charge in [0.2, 0.25) is 5.82 Å². The minimum Gasteiger partial charge on any atom is -0.486 e. The Morgan fingerprint density at radius 2 is 1.38 bits per heavy atom. The van der Waals surface area contributed by atoms with E-state index < -0.39 is 11.6 Å². The summed E-state index contributed by atoms with van der Waals surface area (Å²) in [5.74, 6) is -2.50. The normalized spacial score (nSPS) is 17.2. The van der Waals surface area contributed by atoms with E-state index in [-0.39, 0.29) is 35.9 Å². The molecule has 0 radical (unpaired) electrons. The average molecular weight is 581 g/mol. The number of allylic oxidation sites excluding steroid dienone is 1. The fourth-order valence-corrected chi connectivity index (χ4v) is 5.26. The van der Waals surface area contributed by atoms with Gasteiger partial charge in [-0.05, 0) is 54.2 Å². The second-order valence-electron chi connectivity index (χ2n) is 10.9. The zero-order valence-electron chi connectivity index (χ0n) is 24.8. The highest BCUT2D eigenvalue weighted by Gasteiger charge is 2.24. The Bertz CT molecular complexity index is 1280. The van der Waals surface area contributed by atoms with E-state index in [4.69, 9.17) is 14.2 Å². The van der Waals surface area contributed by atoms with Gasteiger partial charge in [-0.3, -0.25) is 0 Å². The molecule has 0 unspecified atom stereocenters. The summed E-state index contributed by atoms with van der Waals surface area (Å²) >= 11 is 0. The number of benzene rings is 3. The van der Waals surface area contributed by atoms with Gasteiger partial charge in [0.25, 0.3) is 0 Å². The summed E-state index contributed by atoms with van der Waals surface area (Å²) in [6.07, 6.45) is 14.0. The number of rotatable bonds is 15. The van der Waals surface area contributed by atoms with E-state index in [0.29, 0.717) is 29.9 Å². The Balaban J connectivity index is 1.31. The Morgan fingerprint density at radius 3 is 2.05 bits per heavy atom. The van der Waals surface area contributed by atoms with Crippen molar-refractivity contribution in [2.24, 2.45) is 0 Å². The van der Waals surface area contributed by atoms with Gasteiger partial charge >= 0.3 is 0 Å². The molecule has 0 bridgehead atoms. The van der Waals surface area contributed by atoms with Crippen molar-refractivity contribution in [2.45, 2.75) is 83.8 Å². The molecule has 0 saturated carbocycles. The first-order chi connectivity index (χ1) is 20.5. The first-order valence-electron chi connectivity index (χ1n) is 15.4. The smallest absolute Gasteiger partial charge is 0.201 e. The molecular weight excluding hydrogens is 537 g/mol. The van der Waals surface area contributed by atoms with Gasteiger partial charge < -0.3 is 14.2 Å². The van der Waals surface area contributed by atoms with E-state index in [0.717, 1.165) is 24.8 Å².